The maximum absolute atomic E-state index is 15.3. The van der Waals surface area contributed by atoms with Gasteiger partial charge in [0, 0.05) is 7.11 Å². The molecular weight excluding hydrogens is 616 g/mol. The van der Waals surface area contributed by atoms with Gasteiger partial charge in [-0.1, -0.05) is 5.21 Å². The number of nitrogen functional groups attached to an aromatic ring is 2. The molecule has 0 bridgehead atoms. The Hall–Kier alpha value is -3.73. The second kappa shape index (κ2) is 11.0. The molecule has 2 aliphatic heterocycles. The lowest BCUT2D eigenvalue weighted by atomic mass is 9.98. The molecule has 4 aromatic heterocycles. The molecule has 21 nitrogen and oxygen atoms in total. The molecule has 9 atom stereocenters. The van der Waals surface area contributed by atoms with Gasteiger partial charge in [0.2, 0.25) is 5.95 Å². The Morgan fingerprint density at radius 1 is 1.20 bits per heavy atom. The Labute approximate surface area is 244 Å². The van der Waals surface area contributed by atoms with E-state index in [1.54, 1.807) is 0 Å². The third-order valence-corrected chi connectivity index (χ3v) is 8.31. The van der Waals surface area contributed by atoms with Gasteiger partial charge in [-0.25, -0.2) is 23.9 Å². The summed E-state index contributed by atoms with van der Waals surface area (Å²) in [6.45, 7) is -0.197. The summed E-state index contributed by atoms with van der Waals surface area (Å²) in [5, 5.41) is 28.1. The molecule has 2 fully saturated rings. The molecule has 0 saturated carbocycles. The number of aliphatic hydroxyl groups is 2. The minimum absolute atomic E-state index is 0.111. The topological polar surface area (TPSA) is 296 Å². The summed E-state index contributed by atoms with van der Waals surface area (Å²) in [5.41, 5.74) is 9.06. The van der Waals surface area contributed by atoms with Gasteiger partial charge in [0.05, 0.1) is 19.5 Å². The van der Waals surface area contributed by atoms with Gasteiger partial charge in [-0.05, 0) is 6.92 Å². The van der Waals surface area contributed by atoms with Crippen LogP contribution in [0.2, 0.25) is 0 Å². The van der Waals surface area contributed by atoms with Crippen molar-refractivity contribution < 1.29 is 47.3 Å². The fourth-order valence-corrected chi connectivity index (χ4v) is 6.13. The van der Waals surface area contributed by atoms with E-state index in [0.717, 1.165) is 4.68 Å². The predicted molar refractivity (Wildman–Crippen MR) is 142 cm³/mol. The number of hydrogen-bond donors (Lipinski definition) is 6. The number of imidazole rings is 1. The van der Waals surface area contributed by atoms with Crippen LogP contribution >= 0.6 is 7.82 Å². The van der Waals surface area contributed by atoms with E-state index in [4.69, 9.17) is 34.7 Å². The number of nitrogens with two attached hydrogens (primary N) is 2. The number of phosphoric ester groups is 1. The van der Waals surface area contributed by atoms with Gasteiger partial charge in [-0.3, -0.25) is 23.4 Å². The summed E-state index contributed by atoms with van der Waals surface area (Å²) >= 11 is 0. The molecule has 0 aliphatic carbocycles. The van der Waals surface area contributed by atoms with Crippen LogP contribution < -0.4 is 17.0 Å². The molecule has 2 saturated heterocycles. The highest BCUT2D eigenvalue weighted by atomic mass is 31.2. The van der Waals surface area contributed by atoms with Crippen LogP contribution in [-0.4, -0.2) is 116 Å². The average Bonchev–Trinajstić information content (AvgIpc) is 3.72. The first-order valence-electron chi connectivity index (χ1n) is 12.9. The number of aromatic amines is 1. The van der Waals surface area contributed by atoms with Gasteiger partial charge in [0.1, 0.15) is 41.9 Å². The van der Waals surface area contributed by atoms with Gasteiger partial charge in [0.15, 0.2) is 41.3 Å². The van der Waals surface area contributed by atoms with Gasteiger partial charge in [0.25, 0.3) is 5.56 Å². The van der Waals surface area contributed by atoms with Gasteiger partial charge >= 0.3 is 7.82 Å². The first kappa shape index (κ1) is 30.3. The van der Waals surface area contributed by atoms with Crippen LogP contribution in [0.3, 0.4) is 0 Å². The number of hydrogen-bond acceptors (Lipinski definition) is 17. The number of aliphatic hydroxyl groups excluding tert-OH is 2. The number of nitrogens with zero attached hydrogens (tertiary/aromatic N) is 8. The van der Waals surface area contributed by atoms with Crippen LogP contribution in [0, 0.1) is 0 Å². The van der Waals surface area contributed by atoms with Crippen molar-refractivity contribution in [1.29, 1.82) is 0 Å². The number of methoxy groups -OCH3 is 1. The Balaban J connectivity index is 1.23. The normalized spacial score (nSPS) is 32.1. The zero-order chi connectivity index (χ0) is 31.6. The Kier molecular flexibility index (Phi) is 7.58. The Morgan fingerprint density at radius 3 is 2.70 bits per heavy atom. The second-order valence-corrected chi connectivity index (χ2v) is 11.6. The monoisotopic (exact) mass is 643 g/mol. The van der Waals surface area contributed by atoms with Crippen molar-refractivity contribution in [3.8, 4) is 0 Å². The van der Waals surface area contributed by atoms with Crippen LogP contribution in [-0.2, 0) is 27.8 Å². The van der Waals surface area contributed by atoms with Crippen molar-refractivity contribution in [1.82, 2.24) is 44.5 Å². The van der Waals surface area contributed by atoms with Crippen LogP contribution in [0.15, 0.2) is 17.4 Å². The van der Waals surface area contributed by atoms with Gasteiger partial charge < -0.3 is 40.8 Å². The number of phosphoric acid groups is 1. The summed E-state index contributed by atoms with van der Waals surface area (Å²) in [4.78, 5) is 41.2. The third-order valence-electron chi connectivity index (χ3n) is 7.35. The Morgan fingerprint density at radius 2 is 1.98 bits per heavy atom. The van der Waals surface area contributed by atoms with Gasteiger partial charge in [-0.2, -0.15) is 9.67 Å². The van der Waals surface area contributed by atoms with E-state index in [0.29, 0.717) is 0 Å². The molecule has 44 heavy (non-hydrogen) atoms. The predicted octanol–water partition coefficient (Wildman–Crippen LogP) is -2.09. The summed E-state index contributed by atoms with van der Waals surface area (Å²) in [5.74, 6) is -0.205. The van der Waals surface area contributed by atoms with E-state index in [-0.39, 0.29) is 34.1 Å². The van der Waals surface area contributed by atoms with E-state index < -0.39 is 75.2 Å². The Bertz CT molecular complexity index is 1810. The van der Waals surface area contributed by atoms with Crippen LogP contribution in [0.1, 0.15) is 19.4 Å². The summed E-state index contributed by atoms with van der Waals surface area (Å²) in [7, 11) is -3.85. The van der Waals surface area contributed by atoms with E-state index in [1.165, 1.54) is 31.3 Å². The molecule has 0 amide bonds. The van der Waals surface area contributed by atoms with Crippen LogP contribution in [0.4, 0.5) is 16.2 Å². The number of alkyl halides is 1. The smallest absolute Gasteiger partial charge is 0.394 e. The zero-order valence-corrected chi connectivity index (χ0v) is 23.8. The summed E-state index contributed by atoms with van der Waals surface area (Å²) < 4.78 is 58.1. The number of ether oxygens (including phenoxy) is 3. The maximum atomic E-state index is 15.3. The molecule has 2 unspecified atom stereocenters. The lowest BCUT2D eigenvalue weighted by molar-refractivity contribution is -0.117. The number of nitrogens with one attached hydrogen (secondary N) is 1. The zero-order valence-electron chi connectivity index (χ0n) is 22.9. The first-order valence-corrected chi connectivity index (χ1v) is 14.4. The minimum atomic E-state index is -5.17. The number of fused-ring (bicyclic) bond motifs is 2. The molecule has 0 spiro atoms. The number of anilines is 2. The van der Waals surface area contributed by atoms with Crippen molar-refractivity contribution in [2.45, 2.75) is 55.6 Å². The van der Waals surface area contributed by atoms with Crippen molar-refractivity contribution in [3.63, 3.8) is 0 Å². The minimum Gasteiger partial charge on any atom is -0.394 e. The third kappa shape index (κ3) is 4.98. The highest BCUT2D eigenvalue weighted by Crippen LogP contribution is 2.51. The highest BCUT2D eigenvalue weighted by molar-refractivity contribution is 7.47. The molecule has 4 aromatic rings. The quantitative estimate of drug-likeness (QED) is 0.107. The lowest BCUT2D eigenvalue weighted by Crippen LogP contribution is -2.44. The molecule has 6 heterocycles. The maximum Gasteiger partial charge on any atom is 0.472 e. The molecule has 8 N–H and O–H groups in total. The van der Waals surface area contributed by atoms with Crippen molar-refractivity contribution in [3.05, 3.63) is 23.0 Å². The molecule has 238 valence electrons. The van der Waals surface area contributed by atoms with Crippen LogP contribution in [0.5, 0.6) is 0 Å². The SMILES string of the molecule is CO[C@H]1[C@H](n2cnc3c(N)ncnc32)OC(C)(COP(=O)(O)O[C@@H]2[C@H](F)[C@@H](CO)O[C@H]2n2nnc3c(=O)[nH]c(N)nc32)[C@H]1O. The van der Waals surface area contributed by atoms with E-state index in [1.807, 2.05) is 0 Å². The van der Waals surface area contributed by atoms with Crippen LogP contribution in [0.25, 0.3) is 22.3 Å². The number of rotatable bonds is 9. The highest BCUT2D eigenvalue weighted by Gasteiger charge is 2.56. The van der Waals surface area contributed by atoms with Crippen molar-refractivity contribution in [2.24, 2.45) is 0 Å². The number of aromatic nitrogens is 9. The summed E-state index contributed by atoms with van der Waals surface area (Å²) in [6, 6.07) is 0. The average molecular weight is 643 g/mol. The fraction of sp³-hybridized carbons (Fsp3) is 0.571. The number of halogens is 1. The van der Waals surface area contributed by atoms with Gasteiger partial charge in [-0.15, -0.1) is 5.10 Å². The van der Waals surface area contributed by atoms with E-state index in [9.17, 15) is 24.5 Å². The fourth-order valence-electron chi connectivity index (χ4n) is 5.13. The molecule has 2 aliphatic rings. The molecular formula is C21H27FN11O10P. The van der Waals surface area contributed by atoms with E-state index in [2.05, 4.69) is 35.2 Å². The molecule has 0 aromatic carbocycles. The van der Waals surface area contributed by atoms with Crippen molar-refractivity contribution in [2.75, 3.05) is 31.8 Å². The lowest BCUT2D eigenvalue weighted by Gasteiger charge is -2.29. The largest absolute Gasteiger partial charge is 0.472 e. The molecule has 0 radical (unpaired) electrons. The summed E-state index contributed by atoms with van der Waals surface area (Å²) in [6.07, 6.45) is -8.19. The second-order valence-electron chi connectivity index (χ2n) is 10.2. The van der Waals surface area contributed by atoms with E-state index >= 15 is 4.39 Å². The van der Waals surface area contributed by atoms with Crippen molar-refractivity contribution >= 4 is 41.9 Å². The molecule has 23 heteroatoms. The first-order chi connectivity index (χ1) is 20.9. The standard InChI is InChI=1S/C21H27FN11O10P/c1-21(13(35)12(39-2)18(42-21)32-6-27-9-14(23)25-5-26-15(9)32)4-40-44(37,38)43-11-8(22)7(3-34)41-19(11)33-16-10(30-31-33)17(36)29-20(24)28-16/h5-8,11-13,18-19,34-35H,3-4H2,1-2H3,(H,37,38)(H2,23,25,26)(H3,24,28,29,36)/t7-,8-,11-,12-,13+,18-,19-,21?/m1/s1. The molecule has 6 rings (SSSR count). The number of H-pyrrole nitrogens is 1.